The second-order valence-electron chi connectivity index (χ2n) is 3.93. The molecule has 0 aliphatic heterocycles. The third kappa shape index (κ3) is 2.72. The van der Waals surface area contributed by atoms with Gasteiger partial charge in [-0.3, -0.25) is 10.1 Å². The van der Waals surface area contributed by atoms with Crippen LogP contribution in [0.25, 0.3) is 0 Å². The Morgan fingerprint density at radius 3 is 1.94 bits per heavy atom. The topological polar surface area (TPSA) is 69.2 Å². The molecule has 0 unspecified atom stereocenters. The maximum absolute atomic E-state index is 10.8. The highest BCUT2D eigenvalue weighted by Crippen LogP contribution is 2.26. The van der Waals surface area contributed by atoms with Crippen LogP contribution in [0, 0.1) is 10.1 Å². The van der Waals surface area contributed by atoms with Gasteiger partial charge in [-0.2, -0.15) is 0 Å². The molecule has 0 atom stereocenters. The number of nitrogens with zero attached hydrogens (tertiary/aromatic N) is 1. The Labute approximate surface area is 95.6 Å². The zero-order valence-corrected chi connectivity index (χ0v) is 9.82. The van der Waals surface area contributed by atoms with Crippen LogP contribution in [0.4, 0.5) is 11.4 Å². The number of nitro benzene ring substituents is 1. The number of nitrogen functional groups attached to an aromatic ring is 1. The van der Waals surface area contributed by atoms with Crippen LogP contribution in [0.1, 0.15) is 37.8 Å². The molecule has 2 N–H and O–H groups in total. The van der Waals surface area contributed by atoms with E-state index in [1.165, 1.54) is 0 Å². The third-order valence-corrected chi connectivity index (χ3v) is 2.59. The van der Waals surface area contributed by atoms with Crippen LogP contribution in [0.15, 0.2) is 12.1 Å². The maximum atomic E-state index is 10.8. The van der Waals surface area contributed by atoms with Crippen LogP contribution >= 0.6 is 0 Å². The first kappa shape index (κ1) is 12.5. The summed E-state index contributed by atoms with van der Waals surface area (Å²) in [4.78, 5) is 10.4. The first-order valence-corrected chi connectivity index (χ1v) is 5.65. The lowest BCUT2D eigenvalue weighted by molar-refractivity contribution is -0.385. The molecular formula is C12H18N2O2. The van der Waals surface area contributed by atoms with Crippen molar-refractivity contribution in [2.75, 3.05) is 5.73 Å². The fourth-order valence-electron chi connectivity index (χ4n) is 1.82. The van der Waals surface area contributed by atoms with Crippen molar-refractivity contribution in [1.82, 2.24) is 0 Å². The second kappa shape index (κ2) is 5.49. The van der Waals surface area contributed by atoms with Gasteiger partial charge >= 0.3 is 0 Å². The minimum Gasteiger partial charge on any atom is -0.398 e. The molecular weight excluding hydrogens is 204 g/mol. The zero-order valence-electron chi connectivity index (χ0n) is 9.82. The van der Waals surface area contributed by atoms with Gasteiger partial charge in [0.1, 0.15) is 0 Å². The van der Waals surface area contributed by atoms with E-state index in [-0.39, 0.29) is 10.6 Å². The number of nitrogens with two attached hydrogens (primary N) is 1. The highest BCUT2D eigenvalue weighted by atomic mass is 16.6. The Morgan fingerprint density at radius 1 is 1.19 bits per heavy atom. The number of rotatable bonds is 5. The second-order valence-corrected chi connectivity index (χ2v) is 3.93. The number of nitro groups is 1. The minimum atomic E-state index is -0.349. The summed E-state index contributed by atoms with van der Waals surface area (Å²) in [5, 5.41) is 10.8. The normalized spacial score (nSPS) is 10.4. The zero-order chi connectivity index (χ0) is 12.1. The summed E-state index contributed by atoms with van der Waals surface area (Å²) < 4.78 is 0. The van der Waals surface area contributed by atoms with Crippen molar-refractivity contribution < 1.29 is 4.92 Å². The summed E-state index contributed by atoms with van der Waals surface area (Å²) in [6.45, 7) is 4.08. The Hall–Kier alpha value is -1.58. The van der Waals surface area contributed by atoms with Gasteiger partial charge in [-0.05, 0) is 24.0 Å². The number of aryl methyl sites for hydroxylation is 2. The molecule has 0 fully saturated rings. The van der Waals surface area contributed by atoms with Crippen molar-refractivity contribution in [2.24, 2.45) is 0 Å². The Balaban J connectivity index is 3.21. The van der Waals surface area contributed by atoms with Gasteiger partial charge in [-0.25, -0.2) is 0 Å². The van der Waals surface area contributed by atoms with Crippen LogP contribution in [-0.2, 0) is 12.8 Å². The molecule has 0 saturated heterocycles. The number of non-ortho nitro benzene ring substituents is 1. The molecule has 16 heavy (non-hydrogen) atoms. The first-order chi connectivity index (χ1) is 7.60. The molecule has 0 amide bonds. The van der Waals surface area contributed by atoms with E-state index in [9.17, 15) is 10.1 Å². The molecule has 88 valence electrons. The molecule has 0 aliphatic rings. The third-order valence-electron chi connectivity index (χ3n) is 2.59. The predicted molar refractivity (Wildman–Crippen MR) is 65.5 cm³/mol. The highest BCUT2D eigenvalue weighted by molar-refractivity contribution is 5.59. The molecule has 0 aromatic heterocycles. The minimum absolute atomic E-state index is 0.154. The van der Waals surface area contributed by atoms with Gasteiger partial charge in [0.25, 0.3) is 5.69 Å². The van der Waals surface area contributed by atoms with Gasteiger partial charge in [0.2, 0.25) is 0 Å². The fraction of sp³-hybridized carbons (Fsp3) is 0.500. The van der Waals surface area contributed by atoms with E-state index in [0.29, 0.717) is 0 Å². The number of anilines is 1. The Kier molecular flexibility index (Phi) is 4.28. The van der Waals surface area contributed by atoms with Crippen LogP contribution < -0.4 is 5.73 Å². The van der Waals surface area contributed by atoms with E-state index in [2.05, 4.69) is 0 Å². The molecule has 1 aromatic rings. The number of hydrogen-bond acceptors (Lipinski definition) is 3. The van der Waals surface area contributed by atoms with Gasteiger partial charge in [-0.1, -0.05) is 26.7 Å². The van der Waals surface area contributed by atoms with E-state index in [0.717, 1.165) is 42.5 Å². The monoisotopic (exact) mass is 222 g/mol. The fourth-order valence-corrected chi connectivity index (χ4v) is 1.82. The summed E-state index contributed by atoms with van der Waals surface area (Å²) >= 11 is 0. The van der Waals surface area contributed by atoms with E-state index in [1.807, 2.05) is 13.8 Å². The average Bonchev–Trinajstić information content (AvgIpc) is 2.24. The van der Waals surface area contributed by atoms with Crippen LogP contribution in [0.3, 0.4) is 0 Å². The SMILES string of the molecule is CCCc1cc([N+](=O)[O-])cc(CCC)c1N. The summed E-state index contributed by atoms with van der Waals surface area (Å²) in [7, 11) is 0. The van der Waals surface area contributed by atoms with Crippen molar-refractivity contribution in [3.63, 3.8) is 0 Å². The van der Waals surface area contributed by atoms with Gasteiger partial charge in [0.05, 0.1) is 4.92 Å². The van der Waals surface area contributed by atoms with E-state index >= 15 is 0 Å². The van der Waals surface area contributed by atoms with Gasteiger partial charge in [0, 0.05) is 17.8 Å². The van der Waals surface area contributed by atoms with Gasteiger partial charge < -0.3 is 5.73 Å². The van der Waals surface area contributed by atoms with Crippen LogP contribution in [0.5, 0.6) is 0 Å². The molecule has 0 saturated carbocycles. The smallest absolute Gasteiger partial charge is 0.270 e. The summed E-state index contributed by atoms with van der Waals surface area (Å²) in [5.74, 6) is 0. The maximum Gasteiger partial charge on any atom is 0.270 e. The van der Waals surface area contributed by atoms with E-state index < -0.39 is 0 Å². The molecule has 1 aromatic carbocycles. The quantitative estimate of drug-likeness (QED) is 0.473. The number of hydrogen-bond donors (Lipinski definition) is 1. The molecule has 1 rings (SSSR count). The molecule has 4 heteroatoms. The Bertz CT molecular complexity index is 362. The van der Waals surface area contributed by atoms with Crippen molar-refractivity contribution in [3.05, 3.63) is 33.4 Å². The van der Waals surface area contributed by atoms with Crippen molar-refractivity contribution in [1.29, 1.82) is 0 Å². The van der Waals surface area contributed by atoms with Gasteiger partial charge in [0.15, 0.2) is 0 Å². The lowest BCUT2D eigenvalue weighted by Gasteiger charge is -2.10. The molecule has 0 heterocycles. The molecule has 0 radical (unpaired) electrons. The lowest BCUT2D eigenvalue weighted by atomic mass is 9.99. The predicted octanol–water partition coefficient (Wildman–Crippen LogP) is 3.08. The van der Waals surface area contributed by atoms with E-state index in [1.54, 1.807) is 12.1 Å². The molecule has 4 nitrogen and oxygen atoms in total. The first-order valence-electron chi connectivity index (χ1n) is 5.65. The van der Waals surface area contributed by atoms with E-state index in [4.69, 9.17) is 5.73 Å². The summed E-state index contributed by atoms with van der Waals surface area (Å²) in [5.41, 5.74) is 8.69. The largest absolute Gasteiger partial charge is 0.398 e. The summed E-state index contributed by atoms with van der Waals surface area (Å²) in [6, 6.07) is 3.19. The van der Waals surface area contributed by atoms with Crippen LogP contribution in [0.2, 0.25) is 0 Å². The average molecular weight is 222 g/mol. The molecule has 0 spiro atoms. The Morgan fingerprint density at radius 2 is 1.62 bits per heavy atom. The molecule has 0 bridgehead atoms. The number of benzene rings is 1. The van der Waals surface area contributed by atoms with Crippen molar-refractivity contribution in [3.8, 4) is 0 Å². The van der Waals surface area contributed by atoms with Gasteiger partial charge in [-0.15, -0.1) is 0 Å². The summed E-state index contributed by atoms with van der Waals surface area (Å²) in [6.07, 6.45) is 3.47. The van der Waals surface area contributed by atoms with Crippen LogP contribution in [-0.4, -0.2) is 4.92 Å². The molecule has 0 aliphatic carbocycles. The van der Waals surface area contributed by atoms with Crippen molar-refractivity contribution >= 4 is 11.4 Å². The standard InChI is InChI=1S/C12H18N2O2/c1-3-5-9-7-11(14(15)16)8-10(6-4-2)12(9)13/h7-8H,3-6,13H2,1-2H3. The lowest BCUT2D eigenvalue weighted by Crippen LogP contribution is -2.02. The van der Waals surface area contributed by atoms with Crippen molar-refractivity contribution in [2.45, 2.75) is 39.5 Å². The highest BCUT2D eigenvalue weighted by Gasteiger charge is 2.13.